The number of halogens is 3. The molecule has 0 saturated carbocycles. The third-order valence-electron chi connectivity index (χ3n) is 5.38. The largest absolute Gasteiger partial charge is 0.450 e. The van der Waals surface area contributed by atoms with Gasteiger partial charge in [-0.2, -0.15) is 0 Å². The highest BCUT2D eigenvalue weighted by Crippen LogP contribution is 2.39. The Hall–Kier alpha value is -3.51. The Morgan fingerprint density at radius 1 is 0.903 bits per heavy atom. The van der Waals surface area contributed by atoms with E-state index >= 15 is 0 Å². The predicted molar refractivity (Wildman–Crippen MR) is 112 cm³/mol. The third kappa shape index (κ3) is 3.29. The second kappa shape index (κ2) is 7.32. The van der Waals surface area contributed by atoms with Gasteiger partial charge in [0.1, 0.15) is 17.2 Å². The number of hydrogen-bond donors (Lipinski definition) is 0. The van der Waals surface area contributed by atoms with Gasteiger partial charge in [-0.1, -0.05) is 35.9 Å². The summed E-state index contributed by atoms with van der Waals surface area (Å²) in [5.74, 6) is -1.51. The Morgan fingerprint density at radius 2 is 1.58 bits per heavy atom. The van der Waals surface area contributed by atoms with E-state index in [9.17, 15) is 18.4 Å². The molecule has 0 saturated heterocycles. The molecule has 7 heteroatoms. The molecule has 31 heavy (non-hydrogen) atoms. The lowest BCUT2D eigenvalue weighted by molar-refractivity contribution is 0.0714. The Bertz CT molecular complexity index is 1380. The molecular weight excluding hydrogens is 424 g/mol. The van der Waals surface area contributed by atoms with Crippen molar-refractivity contribution in [2.75, 3.05) is 0 Å². The molecule has 3 aromatic carbocycles. The second-order valence-electron chi connectivity index (χ2n) is 7.33. The molecule has 1 amide bonds. The second-order valence-corrected chi connectivity index (χ2v) is 7.76. The van der Waals surface area contributed by atoms with Crippen molar-refractivity contribution >= 4 is 28.5 Å². The van der Waals surface area contributed by atoms with E-state index in [4.69, 9.17) is 16.0 Å². The van der Waals surface area contributed by atoms with Crippen LogP contribution in [0.25, 0.3) is 11.0 Å². The smallest absolute Gasteiger partial charge is 0.291 e. The lowest BCUT2D eigenvalue weighted by atomic mass is 9.98. The zero-order valence-electron chi connectivity index (χ0n) is 15.9. The molecule has 0 radical (unpaired) electrons. The fraction of sp³-hybridized carbons (Fsp3) is 0.0833. The minimum absolute atomic E-state index is 0.0640. The van der Waals surface area contributed by atoms with Gasteiger partial charge in [0.2, 0.25) is 5.76 Å². The Kier molecular flexibility index (Phi) is 4.59. The maximum atomic E-state index is 13.8. The van der Waals surface area contributed by atoms with Crippen molar-refractivity contribution in [2.24, 2.45) is 0 Å². The van der Waals surface area contributed by atoms with Crippen molar-refractivity contribution in [2.45, 2.75) is 12.6 Å². The quantitative estimate of drug-likeness (QED) is 0.427. The van der Waals surface area contributed by atoms with Crippen molar-refractivity contribution in [1.29, 1.82) is 0 Å². The van der Waals surface area contributed by atoms with Crippen LogP contribution < -0.4 is 5.43 Å². The topological polar surface area (TPSA) is 50.5 Å². The molecule has 1 aliphatic heterocycles. The summed E-state index contributed by atoms with van der Waals surface area (Å²) in [6.45, 7) is 0.126. The number of hydrogen-bond acceptors (Lipinski definition) is 3. The van der Waals surface area contributed by atoms with Crippen LogP contribution in [0.15, 0.2) is 75.9 Å². The number of fused-ring (bicyclic) bond motifs is 2. The van der Waals surface area contributed by atoms with Gasteiger partial charge in [-0.15, -0.1) is 0 Å². The van der Waals surface area contributed by atoms with Gasteiger partial charge in [-0.05, 0) is 53.6 Å². The summed E-state index contributed by atoms with van der Waals surface area (Å²) in [7, 11) is 0. The normalized spacial score (nSPS) is 15.5. The Morgan fingerprint density at radius 3 is 2.29 bits per heavy atom. The van der Waals surface area contributed by atoms with Crippen LogP contribution in [0.2, 0.25) is 5.02 Å². The van der Waals surface area contributed by atoms with E-state index in [0.717, 1.165) is 6.07 Å². The number of carbonyl (C=O) groups excluding carboxylic acids is 1. The summed E-state index contributed by atoms with van der Waals surface area (Å²) in [6, 6.07) is 15.4. The lowest BCUT2D eigenvalue weighted by Gasteiger charge is -2.25. The molecule has 0 spiro atoms. The molecule has 0 aliphatic carbocycles. The van der Waals surface area contributed by atoms with E-state index in [0.29, 0.717) is 16.1 Å². The molecule has 0 N–H and O–H groups in total. The summed E-state index contributed by atoms with van der Waals surface area (Å²) in [6.07, 6.45) is 0. The fourth-order valence-electron chi connectivity index (χ4n) is 3.93. The van der Waals surface area contributed by atoms with Crippen molar-refractivity contribution in [3.63, 3.8) is 0 Å². The first-order valence-electron chi connectivity index (χ1n) is 9.49. The number of carbonyl (C=O) groups is 1. The first-order valence-corrected chi connectivity index (χ1v) is 9.87. The molecule has 2 heterocycles. The highest BCUT2D eigenvalue weighted by molar-refractivity contribution is 6.30. The number of rotatable bonds is 3. The Balaban J connectivity index is 1.72. The van der Waals surface area contributed by atoms with Crippen molar-refractivity contribution in [1.82, 2.24) is 4.90 Å². The highest BCUT2D eigenvalue weighted by atomic mass is 35.5. The summed E-state index contributed by atoms with van der Waals surface area (Å²) in [4.78, 5) is 28.1. The van der Waals surface area contributed by atoms with E-state index in [1.807, 2.05) is 0 Å². The zero-order valence-corrected chi connectivity index (χ0v) is 16.7. The van der Waals surface area contributed by atoms with Gasteiger partial charge < -0.3 is 9.32 Å². The van der Waals surface area contributed by atoms with E-state index in [1.165, 1.54) is 29.2 Å². The average molecular weight is 438 g/mol. The number of nitrogens with zero attached hydrogens (tertiary/aromatic N) is 1. The third-order valence-corrected chi connectivity index (χ3v) is 5.63. The van der Waals surface area contributed by atoms with Crippen LogP contribution in [0.1, 0.15) is 33.3 Å². The van der Waals surface area contributed by atoms with Gasteiger partial charge in [-0.3, -0.25) is 9.59 Å². The van der Waals surface area contributed by atoms with Gasteiger partial charge in [0, 0.05) is 11.6 Å². The van der Waals surface area contributed by atoms with Crippen LogP contribution in [0.4, 0.5) is 8.78 Å². The molecule has 0 bridgehead atoms. The summed E-state index contributed by atoms with van der Waals surface area (Å²) < 4.78 is 32.9. The van der Waals surface area contributed by atoms with E-state index in [-0.39, 0.29) is 34.7 Å². The van der Waals surface area contributed by atoms with Gasteiger partial charge in [-0.25, -0.2) is 8.78 Å². The van der Waals surface area contributed by atoms with E-state index in [2.05, 4.69) is 0 Å². The molecule has 154 valence electrons. The Labute approximate surface area is 180 Å². The highest BCUT2D eigenvalue weighted by Gasteiger charge is 2.42. The molecule has 1 atom stereocenters. The number of amides is 1. The summed E-state index contributed by atoms with van der Waals surface area (Å²) in [5.41, 5.74) is 1.15. The standard InChI is InChI=1S/C24H14ClF2NO3/c25-15-5-3-14(4-6-15)21-20-22(29)18-11-17(27)9-10-19(18)31-23(20)24(30)28(21)12-13-1-7-16(26)8-2-13/h1-11,21H,12H2. The van der Waals surface area contributed by atoms with Crippen LogP contribution >= 0.6 is 11.6 Å². The maximum absolute atomic E-state index is 13.8. The van der Waals surface area contributed by atoms with Crippen molar-refractivity contribution < 1.29 is 18.0 Å². The molecule has 1 unspecified atom stereocenters. The fourth-order valence-corrected chi connectivity index (χ4v) is 4.06. The minimum Gasteiger partial charge on any atom is -0.450 e. The molecule has 4 nitrogen and oxygen atoms in total. The van der Waals surface area contributed by atoms with Crippen LogP contribution in [0.5, 0.6) is 0 Å². The van der Waals surface area contributed by atoms with Crippen LogP contribution in [0.3, 0.4) is 0 Å². The van der Waals surface area contributed by atoms with Crippen molar-refractivity contribution in [3.05, 3.63) is 116 Å². The molecule has 5 rings (SSSR count). The molecule has 1 aromatic heterocycles. The molecule has 4 aromatic rings. The van der Waals surface area contributed by atoms with E-state index in [1.54, 1.807) is 36.4 Å². The lowest BCUT2D eigenvalue weighted by Crippen LogP contribution is -2.29. The van der Waals surface area contributed by atoms with Crippen LogP contribution in [-0.4, -0.2) is 10.8 Å². The predicted octanol–water partition coefficient (Wildman–Crippen LogP) is 5.47. The summed E-state index contributed by atoms with van der Waals surface area (Å²) >= 11 is 6.02. The van der Waals surface area contributed by atoms with E-state index < -0.39 is 23.2 Å². The minimum atomic E-state index is -0.756. The number of benzene rings is 3. The molecule has 1 aliphatic rings. The molecular formula is C24H14ClF2NO3. The summed E-state index contributed by atoms with van der Waals surface area (Å²) in [5, 5.41) is 0.570. The van der Waals surface area contributed by atoms with Crippen LogP contribution in [0, 0.1) is 11.6 Å². The SMILES string of the molecule is O=C1c2oc3ccc(F)cc3c(=O)c2C(c2ccc(Cl)cc2)N1Cc1ccc(F)cc1. The van der Waals surface area contributed by atoms with Gasteiger partial charge >= 0.3 is 0 Å². The van der Waals surface area contributed by atoms with Gasteiger partial charge in [0.25, 0.3) is 5.91 Å². The van der Waals surface area contributed by atoms with Crippen molar-refractivity contribution in [3.8, 4) is 0 Å². The average Bonchev–Trinajstić information content (AvgIpc) is 3.03. The molecule has 0 fully saturated rings. The monoisotopic (exact) mass is 437 g/mol. The van der Waals surface area contributed by atoms with Crippen LogP contribution in [-0.2, 0) is 6.54 Å². The van der Waals surface area contributed by atoms with Gasteiger partial charge in [0.15, 0.2) is 5.43 Å². The first kappa shape index (κ1) is 19.5. The zero-order chi connectivity index (χ0) is 21.7. The van der Waals surface area contributed by atoms with Gasteiger partial charge in [0.05, 0.1) is 17.0 Å². The first-order chi connectivity index (χ1) is 14.9. The maximum Gasteiger partial charge on any atom is 0.291 e.